The Bertz CT molecular complexity index is 723. The molecule has 0 aliphatic rings. The van der Waals surface area contributed by atoms with Gasteiger partial charge in [0.15, 0.2) is 12.4 Å². The number of nitrogens with one attached hydrogen (secondary N) is 1. The smallest absolute Gasteiger partial charge is 0.344 e. The van der Waals surface area contributed by atoms with Gasteiger partial charge in [-0.05, 0) is 24.6 Å². The van der Waals surface area contributed by atoms with E-state index in [-0.39, 0.29) is 18.1 Å². The van der Waals surface area contributed by atoms with Gasteiger partial charge < -0.3 is 14.6 Å². The zero-order chi connectivity index (χ0) is 17.7. The van der Waals surface area contributed by atoms with Crippen molar-refractivity contribution in [3.63, 3.8) is 0 Å². The number of esters is 1. The Morgan fingerprint density at radius 1 is 1.29 bits per heavy atom. The maximum atomic E-state index is 12.2. The van der Waals surface area contributed by atoms with Crippen LogP contribution in [0.2, 0.25) is 5.02 Å². The molecule has 0 aliphatic heterocycles. The second-order valence-electron chi connectivity index (χ2n) is 5.64. The van der Waals surface area contributed by atoms with E-state index < -0.39 is 11.9 Å². The van der Waals surface area contributed by atoms with Crippen LogP contribution in [0.15, 0.2) is 28.8 Å². The Hall–Kier alpha value is -2.34. The number of hydrogen-bond donors (Lipinski definition) is 1. The van der Waals surface area contributed by atoms with Crippen LogP contribution >= 0.6 is 11.6 Å². The van der Waals surface area contributed by atoms with Crippen LogP contribution in [0.3, 0.4) is 0 Å². The largest absolute Gasteiger partial charge is 0.452 e. The summed E-state index contributed by atoms with van der Waals surface area (Å²) in [4.78, 5) is 24.0. The van der Waals surface area contributed by atoms with Crippen molar-refractivity contribution in [1.82, 2.24) is 10.5 Å². The molecule has 128 valence electrons. The van der Waals surface area contributed by atoms with Crippen LogP contribution in [-0.2, 0) is 16.1 Å². The van der Waals surface area contributed by atoms with Gasteiger partial charge in [0, 0.05) is 17.5 Å². The van der Waals surface area contributed by atoms with E-state index in [4.69, 9.17) is 20.9 Å². The lowest BCUT2D eigenvalue weighted by Crippen LogP contribution is -2.28. The Kier molecular flexibility index (Phi) is 5.98. The molecule has 1 aromatic carbocycles. The minimum atomic E-state index is -0.612. The van der Waals surface area contributed by atoms with Gasteiger partial charge in [0.2, 0.25) is 0 Å². The molecule has 2 rings (SSSR count). The predicted octanol–water partition coefficient (Wildman–Crippen LogP) is 3.23. The first-order chi connectivity index (χ1) is 11.4. The number of aromatic nitrogens is 1. The minimum absolute atomic E-state index is 0.00696. The van der Waals surface area contributed by atoms with Gasteiger partial charge in [0.05, 0.1) is 5.69 Å². The molecule has 0 fully saturated rings. The molecule has 1 aromatic heterocycles. The van der Waals surface area contributed by atoms with E-state index in [0.717, 1.165) is 5.56 Å². The van der Waals surface area contributed by atoms with Gasteiger partial charge in [-0.1, -0.05) is 42.7 Å². The highest BCUT2D eigenvalue weighted by molar-refractivity contribution is 6.30. The van der Waals surface area contributed by atoms with Gasteiger partial charge in [0.1, 0.15) is 5.56 Å². The molecule has 0 unspecified atom stereocenters. The van der Waals surface area contributed by atoms with Crippen LogP contribution in [-0.4, -0.2) is 23.6 Å². The number of carbonyl (C=O) groups is 2. The maximum Gasteiger partial charge on any atom is 0.344 e. The molecule has 0 spiro atoms. The lowest BCUT2D eigenvalue weighted by Gasteiger charge is -2.08. The van der Waals surface area contributed by atoms with Crippen LogP contribution in [0, 0.1) is 6.92 Å². The van der Waals surface area contributed by atoms with Crippen LogP contribution in [0.4, 0.5) is 0 Å². The first kappa shape index (κ1) is 18.0. The van der Waals surface area contributed by atoms with Gasteiger partial charge >= 0.3 is 5.97 Å². The fourth-order valence-corrected chi connectivity index (χ4v) is 2.21. The molecule has 0 aliphatic carbocycles. The fraction of sp³-hybridized carbons (Fsp3) is 0.353. The summed E-state index contributed by atoms with van der Waals surface area (Å²) in [6.45, 7) is 5.39. The average Bonchev–Trinajstić information content (AvgIpc) is 2.94. The van der Waals surface area contributed by atoms with Crippen molar-refractivity contribution in [3.8, 4) is 0 Å². The molecule has 1 N–H and O–H groups in total. The minimum Gasteiger partial charge on any atom is -0.452 e. The Balaban J connectivity index is 1.86. The number of rotatable bonds is 6. The third kappa shape index (κ3) is 4.58. The van der Waals surface area contributed by atoms with E-state index in [2.05, 4.69) is 10.5 Å². The third-order valence-electron chi connectivity index (χ3n) is 3.35. The standard InChI is InChI=1S/C17H19ClN2O4/c1-10(2)16-15(11(3)20-24-16)17(22)23-9-14(21)19-8-12-4-6-13(18)7-5-12/h4-7,10H,8-9H2,1-3H3,(H,19,21). The van der Waals surface area contributed by atoms with E-state index in [9.17, 15) is 9.59 Å². The summed E-state index contributed by atoms with van der Waals surface area (Å²) in [7, 11) is 0. The molecule has 24 heavy (non-hydrogen) atoms. The van der Waals surface area contributed by atoms with Gasteiger partial charge in [-0.3, -0.25) is 4.79 Å². The van der Waals surface area contributed by atoms with Crippen molar-refractivity contribution >= 4 is 23.5 Å². The molecule has 2 aromatic rings. The molecule has 0 radical (unpaired) electrons. The Morgan fingerprint density at radius 3 is 2.58 bits per heavy atom. The third-order valence-corrected chi connectivity index (χ3v) is 3.61. The summed E-state index contributed by atoms with van der Waals surface area (Å²) in [5.74, 6) is -0.552. The predicted molar refractivity (Wildman–Crippen MR) is 88.9 cm³/mol. The quantitative estimate of drug-likeness (QED) is 0.809. The van der Waals surface area contributed by atoms with Crippen molar-refractivity contribution < 1.29 is 18.8 Å². The van der Waals surface area contributed by atoms with E-state index in [1.165, 1.54) is 0 Å². The van der Waals surface area contributed by atoms with Gasteiger partial charge in [-0.25, -0.2) is 4.79 Å². The van der Waals surface area contributed by atoms with Gasteiger partial charge in [-0.15, -0.1) is 0 Å². The molecule has 1 amide bonds. The molecule has 0 atom stereocenters. The zero-order valence-corrected chi connectivity index (χ0v) is 14.5. The maximum absolute atomic E-state index is 12.2. The zero-order valence-electron chi connectivity index (χ0n) is 13.8. The monoisotopic (exact) mass is 350 g/mol. The molecule has 0 bridgehead atoms. The number of benzene rings is 1. The van der Waals surface area contributed by atoms with Crippen LogP contribution < -0.4 is 5.32 Å². The van der Waals surface area contributed by atoms with Crippen LogP contribution in [0.1, 0.15) is 47.1 Å². The summed E-state index contributed by atoms with van der Waals surface area (Å²) in [5, 5.41) is 7.08. The number of amides is 1. The van der Waals surface area contributed by atoms with Gasteiger partial charge in [-0.2, -0.15) is 0 Å². The number of carbonyl (C=O) groups excluding carboxylic acids is 2. The Labute approximate surface area is 145 Å². The van der Waals surface area contributed by atoms with Crippen molar-refractivity contribution in [3.05, 3.63) is 51.9 Å². The highest BCUT2D eigenvalue weighted by Crippen LogP contribution is 2.22. The number of hydrogen-bond acceptors (Lipinski definition) is 5. The van der Waals surface area contributed by atoms with E-state index >= 15 is 0 Å². The molecule has 0 saturated heterocycles. The number of ether oxygens (including phenoxy) is 1. The van der Waals surface area contributed by atoms with Crippen LogP contribution in [0.5, 0.6) is 0 Å². The number of nitrogens with zero attached hydrogens (tertiary/aromatic N) is 1. The van der Waals surface area contributed by atoms with Crippen molar-refractivity contribution in [2.75, 3.05) is 6.61 Å². The summed E-state index contributed by atoms with van der Waals surface area (Å²) < 4.78 is 10.2. The summed E-state index contributed by atoms with van der Waals surface area (Å²) in [6.07, 6.45) is 0. The second kappa shape index (κ2) is 7.97. The molecule has 7 heteroatoms. The van der Waals surface area contributed by atoms with E-state index in [0.29, 0.717) is 23.0 Å². The van der Waals surface area contributed by atoms with E-state index in [1.807, 2.05) is 26.0 Å². The molecule has 0 saturated carbocycles. The summed E-state index contributed by atoms with van der Waals surface area (Å²) in [5.41, 5.74) is 1.64. The first-order valence-electron chi connectivity index (χ1n) is 7.53. The molecule has 6 nitrogen and oxygen atoms in total. The SMILES string of the molecule is Cc1noc(C(C)C)c1C(=O)OCC(=O)NCc1ccc(Cl)cc1. The molecular weight excluding hydrogens is 332 g/mol. The lowest BCUT2D eigenvalue weighted by molar-refractivity contribution is -0.124. The average molecular weight is 351 g/mol. The number of aryl methyl sites for hydroxylation is 1. The van der Waals surface area contributed by atoms with Crippen molar-refractivity contribution in [2.45, 2.75) is 33.2 Å². The van der Waals surface area contributed by atoms with Crippen LogP contribution in [0.25, 0.3) is 0 Å². The fourth-order valence-electron chi connectivity index (χ4n) is 2.09. The summed E-state index contributed by atoms with van der Waals surface area (Å²) in [6, 6.07) is 7.10. The highest BCUT2D eigenvalue weighted by Gasteiger charge is 2.24. The van der Waals surface area contributed by atoms with E-state index in [1.54, 1.807) is 19.1 Å². The van der Waals surface area contributed by atoms with Crippen molar-refractivity contribution in [2.24, 2.45) is 0 Å². The Morgan fingerprint density at radius 2 is 1.96 bits per heavy atom. The van der Waals surface area contributed by atoms with Gasteiger partial charge in [0.25, 0.3) is 5.91 Å². The second-order valence-corrected chi connectivity index (χ2v) is 6.08. The topological polar surface area (TPSA) is 81.4 Å². The van der Waals surface area contributed by atoms with Crippen molar-refractivity contribution in [1.29, 1.82) is 0 Å². The molecular formula is C17H19ClN2O4. The molecule has 1 heterocycles. The number of halogens is 1. The highest BCUT2D eigenvalue weighted by atomic mass is 35.5. The normalized spacial score (nSPS) is 10.7. The summed E-state index contributed by atoms with van der Waals surface area (Å²) >= 11 is 5.80. The lowest BCUT2D eigenvalue weighted by atomic mass is 10.1. The first-order valence-corrected chi connectivity index (χ1v) is 7.90.